The first kappa shape index (κ1) is 15.3. The number of rotatable bonds is 4. The number of esters is 1. The fourth-order valence-corrected chi connectivity index (χ4v) is 1.71. The number of carbonyl (C=O) groups excluding carboxylic acids is 1. The fourth-order valence-electron chi connectivity index (χ4n) is 1.49. The summed E-state index contributed by atoms with van der Waals surface area (Å²) in [6.45, 7) is 3.66. The Bertz CT molecular complexity index is 500. The molecule has 2 N–H and O–H groups in total. The number of halogens is 1. The number of carbonyl (C=O) groups is 1. The molecule has 0 aromatic heterocycles. The molecule has 19 heavy (non-hydrogen) atoms. The van der Waals surface area contributed by atoms with Gasteiger partial charge in [-0.1, -0.05) is 25.4 Å². The Kier molecular flexibility index (Phi) is 5.18. The second-order valence-corrected chi connectivity index (χ2v) is 4.79. The van der Waals surface area contributed by atoms with E-state index < -0.39 is 12.0 Å². The van der Waals surface area contributed by atoms with E-state index in [1.54, 1.807) is 0 Å². The highest BCUT2D eigenvalue weighted by Gasteiger charge is 2.21. The van der Waals surface area contributed by atoms with Gasteiger partial charge < -0.3 is 14.9 Å². The predicted octanol–water partition coefficient (Wildman–Crippen LogP) is 2.37. The molecular formula is C13H16ClNO4. The third-order valence-corrected chi connectivity index (χ3v) is 2.75. The van der Waals surface area contributed by atoms with Crippen molar-refractivity contribution in [2.75, 3.05) is 7.11 Å². The van der Waals surface area contributed by atoms with Crippen LogP contribution in [0.4, 0.5) is 0 Å². The summed E-state index contributed by atoms with van der Waals surface area (Å²) in [7, 11) is 1.29. The van der Waals surface area contributed by atoms with E-state index in [4.69, 9.17) is 11.6 Å². The summed E-state index contributed by atoms with van der Waals surface area (Å²) in [6.07, 6.45) is 1.29. The first-order chi connectivity index (χ1) is 8.86. The highest BCUT2D eigenvalue weighted by molar-refractivity contribution is 6.31. The van der Waals surface area contributed by atoms with Gasteiger partial charge in [0, 0.05) is 22.9 Å². The summed E-state index contributed by atoms with van der Waals surface area (Å²) in [5, 5.41) is 19.3. The zero-order valence-electron chi connectivity index (χ0n) is 10.9. The maximum Gasteiger partial charge on any atom is 0.330 e. The number of aromatic hydroxyl groups is 2. The minimum absolute atomic E-state index is 0.0568. The van der Waals surface area contributed by atoms with Crippen molar-refractivity contribution in [2.24, 2.45) is 10.9 Å². The highest BCUT2D eigenvalue weighted by atomic mass is 35.5. The monoisotopic (exact) mass is 285 g/mol. The van der Waals surface area contributed by atoms with E-state index in [-0.39, 0.29) is 28.0 Å². The van der Waals surface area contributed by atoms with Gasteiger partial charge in [0.25, 0.3) is 0 Å². The van der Waals surface area contributed by atoms with Gasteiger partial charge in [0.05, 0.1) is 7.11 Å². The van der Waals surface area contributed by atoms with Crippen molar-refractivity contribution >= 4 is 23.8 Å². The van der Waals surface area contributed by atoms with Gasteiger partial charge in [-0.25, -0.2) is 4.79 Å². The number of phenols is 2. The standard InChI is InChI=1S/C13H16ClNO4/c1-7(2)11(13(18)19-3)15-6-8-4-9(14)5-10(16)12(8)17/h4-7,11,16-17H,1-3H3. The minimum Gasteiger partial charge on any atom is -0.504 e. The number of aliphatic imine (C=N–C) groups is 1. The Hall–Kier alpha value is -1.75. The first-order valence-electron chi connectivity index (χ1n) is 5.69. The Balaban J connectivity index is 3.06. The Morgan fingerprint density at radius 1 is 1.42 bits per heavy atom. The number of nitrogens with zero attached hydrogens (tertiary/aromatic N) is 1. The maximum atomic E-state index is 11.5. The highest BCUT2D eigenvalue weighted by Crippen LogP contribution is 2.31. The van der Waals surface area contributed by atoms with Gasteiger partial charge in [-0.05, 0) is 12.0 Å². The summed E-state index contributed by atoms with van der Waals surface area (Å²) in [5.74, 6) is -1.19. The molecule has 6 heteroatoms. The van der Waals surface area contributed by atoms with E-state index in [0.29, 0.717) is 0 Å². The molecular weight excluding hydrogens is 270 g/mol. The summed E-state index contributed by atoms with van der Waals surface area (Å²) in [5.41, 5.74) is 0.236. The van der Waals surface area contributed by atoms with Gasteiger partial charge in [0.2, 0.25) is 0 Å². The zero-order valence-corrected chi connectivity index (χ0v) is 11.7. The Labute approximate surface area is 116 Å². The van der Waals surface area contributed by atoms with Crippen LogP contribution in [0.15, 0.2) is 17.1 Å². The van der Waals surface area contributed by atoms with Crippen LogP contribution in [0.3, 0.4) is 0 Å². The van der Waals surface area contributed by atoms with Crippen molar-refractivity contribution in [1.82, 2.24) is 0 Å². The number of hydrogen-bond acceptors (Lipinski definition) is 5. The summed E-state index contributed by atoms with van der Waals surface area (Å²) < 4.78 is 4.65. The first-order valence-corrected chi connectivity index (χ1v) is 6.07. The van der Waals surface area contributed by atoms with Crippen LogP contribution in [0.25, 0.3) is 0 Å². The van der Waals surface area contributed by atoms with E-state index in [2.05, 4.69) is 9.73 Å². The molecule has 1 aromatic rings. The van der Waals surface area contributed by atoms with E-state index in [0.717, 1.165) is 0 Å². The fraction of sp³-hybridized carbons (Fsp3) is 0.385. The van der Waals surface area contributed by atoms with E-state index >= 15 is 0 Å². The number of benzene rings is 1. The van der Waals surface area contributed by atoms with Crippen LogP contribution in [-0.2, 0) is 9.53 Å². The molecule has 0 heterocycles. The average molecular weight is 286 g/mol. The lowest BCUT2D eigenvalue weighted by Crippen LogP contribution is -2.26. The van der Waals surface area contributed by atoms with Gasteiger partial charge in [-0.15, -0.1) is 0 Å². The van der Waals surface area contributed by atoms with Crippen molar-refractivity contribution in [1.29, 1.82) is 0 Å². The molecule has 1 atom stereocenters. The van der Waals surface area contributed by atoms with E-state index in [1.165, 1.54) is 25.5 Å². The lowest BCUT2D eigenvalue weighted by atomic mass is 10.1. The summed E-state index contributed by atoms with van der Waals surface area (Å²) in [6, 6.07) is 1.98. The molecule has 0 spiro atoms. The SMILES string of the molecule is COC(=O)C(N=Cc1cc(Cl)cc(O)c1O)C(C)C. The molecule has 0 aliphatic rings. The molecule has 1 rings (SSSR count). The molecule has 0 aliphatic carbocycles. The van der Waals surface area contributed by atoms with Crippen LogP contribution in [-0.4, -0.2) is 35.5 Å². The smallest absolute Gasteiger partial charge is 0.330 e. The molecule has 0 saturated heterocycles. The number of phenolic OH excluding ortho intramolecular Hbond substituents is 2. The lowest BCUT2D eigenvalue weighted by Gasteiger charge is -2.13. The van der Waals surface area contributed by atoms with Crippen LogP contribution in [0.1, 0.15) is 19.4 Å². The van der Waals surface area contributed by atoms with Gasteiger partial charge in [-0.2, -0.15) is 0 Å². The molecule has 0 saturated carbocycles. The number of hydrogen-bond donors (Lipinski definition) is 2. The predicted molar refractivity (Wildman–Crippen MR) is 73.0 cm³/mol. The van der Waals surface area contributed by atoms with Crippen LogP contribution in [0.2, 0.25) is 5.02 Å². The molecule has 1 aromatic carbocycles. The quantitative estimate of drug-likeness (QED) is 0.506. The van der Waals surface area contributed by atoms with Crippen molar-refractivity contribution in [2.45, 2.75) is 19.9 Å². The number of methoxy groups -OCH3 is 1. The van der Waals surface area contributed by atoms with Crippen LogP contribution < -0.4 is 0 Å². The lowest BCUT2D eigenvalue weighted by molar-refractivity contribution is -0.143. The van der Waals surface area contributed by atoms with Gasteiger partial charge >= 0.3 is 5.97 Å². The molecule has 1 unspecified atom stereocenters. The van der Waals surface area contributed by atoms with Crippen molar-refractivity contribution < 1.29 is 19.7 Å². The van der Waals surface area contributed by atoms with Crippen LogP contribution in [0.5, 0.6) is 11.5 Å². The largest absolute Gasteiger partial charge is 0.504 e. The van der Waals surface area contributed by atoms with Gasteiger partial charge in [-0.3, -0.25) is 4.99 Å². The normalized spacial score (nSPS) is 12.9. The minimum atomic E-state index is -0.675. The molecule has 0 bridgehead atoms. The van der Waals surface area contributed by atoms with Crippen molar-refractivity contribution in [3.05, 3.63) is 22.7 Å². The topological polar surface area (TPSA) is 79.1 Å². The molecule has 0 fully saturated rings. The molecule has 0 aliphatic heterocycles. The molecule has 5 nitrogen and oxygen atoms in total. The average Bonchev–Trinajstić information content (AvgIpc) is 2.34. The van der Waals surface area contributed by atoms with E-state index in [9.17, 15) is 15.0 Å². The third kappa shape index (κ3) is 3.86. The maximum absolute atomic E-state index is 11.5. The number of ether oxygens (including phenoxy) is 1. The summed E-state index contributed by atoms with van der Waals surface area (Å²) >= 11 is 5.77. The van der Waals surface area contributed by atoms with Crippen molar-refractivity contribution in [3.63, 3.8) is 0 Å². The molecule has 0 amide bonds. The van der Waals surface area contributed by atoms with Crippen LogP contribution >= 0.6 is 11.6 Å². The van der Waals surface area contributed by atoms with Gasteiger partial charge in [0.1, 0.15) is 6.04 Å². The summed E-state index contributed by atoms with van der Waals surface area (Å²) in [4.78, 5) is 15.6. The molecule has 104 valence electrons. The molecule has 0 radical (unpaired) electrons. The second-order valence-electron chi connectivity index (χ2n) is 4.35. The van der Waals surface area contributed by atoms with Crippen LogP contribution in [0, 0.1) is 5.92 Å². The van der Waals surface area contributed by atoms with E-state index in [1.807, 2.05) is 13.8 Å². The Morgan fingerprint density at radius 2 is 2.05 bits per heavy atom. The van der Waals surface area contributed by atoms with Crippen molar-refractivity contribution in [3.8, 4) is 11.5 Å². The third-order valence-electron chi connectivity index (χ3n) is 2.53. The Morgan fingerprint density at radius 3 is 2.58 bits per heavy atom. The van der Waals surface area contributed by atoms with Gasteiger partial charge in [0.15, 0.2) is 11.5 Å². The second kappa shape index (κ2) is 6.43. The zero-order chi connectivity index (χ0) is 14.6.